The number of Topliss-reactive ketones (excluding diaryl/α,β-unsaturated/α-hetero) is 1. The number of pyridine rings is 1. The maximum atomic E-state index is 11.6. The highest BCUT2D eigenvalue weighted by molar-refractivity contribution is 7.17. The number of fused-ring (bicyclic) bond motifs is 1. The summed E-state index contributed by atoms with van der Waals surface area (Å²) in [6, 6.07) is 9.99. The molecule has 2 heterocycles. The Morgan fingerprint density at radius 1 is 1.26 bits per heavy atom. The summed E-state index contributed by atoms with van der Waals surface area (Å²) in [5.74, 6) is 0.267. The van der Waals surface area contributed by atoms with Crippen molar-refractivity contribution in [3.05, 3.63) is 63.9 Å². The van der Waals surface area contributed by atoms with Crippen LogP contribution in [0.5, 0.6) is 5.75 Å². The van der Waals surface area contributed by atoms with Crippen LogP contribution in [0.15, 0.2) is 36.5 Å². The van der Waals surface area contributed by atoms with E-state index in [4.69, 9.17) is 9.84 Å². The highest BCUT2D eigenvalue weighted by Gasteiger charge is 2.24. The lowest BCUT2D eigenvalue weighted by atomic mass is 9.98. The van der Waals surface area contributed by atoms with Crippen molar-refractivity contribution in [1.29, 1.82) is 0 Å². The molecule has 0 spiro atoms. The van der Waals surface area contributed by atoms with Gasteiger partial charge in [0.2, 0.25) is 0 Å². The molecule has 2 N–H and O–H groups in total. The lowest BCUT2D eigenvalue weighted by molar-refractivity contribution is -0.137. The standard InChI is InChI=1S/C26H29N3O4S/c1-16-25(17(2)30)34-26(29-16)20-6-7-21(28-14-20)15-27-10-3-11-33-22-8-9-23-18(12-22)4-5-19(23)13-24(31)32/h6-9,12,14,19,27H,3-5,10-11,13,15H2,1-2H3,(H,31,32)/t19-/m0/s1. The highest BCUT2D eigenvalue weighted by Crippen LogP contribution is 2.37. The number of nitrogens with zero attached hydrogens (tertiary/aromatic N) is 2. The predicted octanol–water partition coefficient (Wildman–Crippen LogP) is 4.78. The van der Waals surface area contributed by atoms with Gasteiger partial charge in [-0.2, -0.15) is 0 Å². The molecule has 0 amide bonds. The van der Waals surface area contributed by atoms with Gasteiger partial charge in [-0.15, -0.1) is 11.3 Å². The summed E-state index contributed by atoms with van der Waals surface area (Å²) < 4.78 is 5.89. The molecule has 1 aliphatic carbocycles. The quantitative estimate of drug-likeness (QED) is 0.301. The molecule has 34 heavy (non-hydrogen) atoms. The summed E-state index contributed by atoms with van der Waals surface area (Å²) >= 11 is 1.41. The van der Waals surface area contributed by atoms with Crippen molar-refractivity contribution in [3.63, 3.8) is 0 Å². The number of aliphatic carboxylic acids is 1. The fourth-order valence-electron chi connectivity index (χ4n) is 4.30. The van der Waals surface area contributed by atoms with Crippen LogP contribution in [0.2, 0.25) is 0 Å². The van der Waals surface area contributed by atoms with E-state index in [0.717, 1.165) is 59.1 Å². The molecule has 1 atom stereocenters. The Morgan fingerprint density at radius 3 is 2.82 bits per heavy atom. The summed E-state index contributed by atoms with van der Waals surface area (Å²) in [6.07, 6.45) is 4.67. The molecule has 3 aromatic rings. The molecule has 0 aliphatic heterocycles. The summed E-state index contributed by atoms with van der Waals surface area (Å²) in [4.78, 5) is 32.4. The average Bonchev–Trinajstić information content (AvgIpc) is 3.39. The van der Waals surface area contributed by atoms with Gasteiger partial charge in [0, 0.05) is 25.2 Å². The van der Waals surface area contributed by atoms with Gasteiger partial charge in [-0.05, 0) is 74.0 Å². The number of aryl methyl sites for hydroxylation is 2. The van der Waals surface area contributed by atoms with Crippen molar-refractivity contribution in [1.82, 2.24) is 15.3 Å². The van der Waals surface area contributed by atoms with E-state index in [-0.39, 0.29) is 18.1 Å². The molecule has 0 saturated carbocycles. The minimum absolute atomic E-state index is 0.0413. The van der Waals surface area contributed by atoms with Crippen molar-refractivity contribution in [3.8, 4) is 16.3 Å². The molecule has 0 unspecified atom stereocenters. The number of benzene rings is 1. The third-order valence-corrected chi connectivity index (χ3v) is 7.31. The van der Waals surface area contributed by atoms with Gasteiger partial charge in [0.1, 0.15) is 10.8 Å². The number of carbonyl (C=O) groups excluding carboxylic acids is 1. The van der Waals surface area contributed by atoms with E-state index in [0.29, 0.717) is 18.0 Å². The van der Waals surface area contributed by atoms with E-state index < -0.39 is 5.97 Å². The molecule has 7 nitrogen and oxygen atoms in total. The summed E-state index contributed by atoms with van der Waals surface area (Å²) in [5, 5.41) is 13.3. The first-order chi connectivity index (χ1) is 16.4. The number of carboxylic acid groups (broad SMARTS) is 1. The Balaban J connectivity index is 1.18. The van der Waals surface area contributed by atoms with E-state index >= 15 is 0 Å². The smallest absolute Gasteiger partial charge is 0.303 e. The summed E-state index contributed by atoms with van der Waals surface area (Å²) in [5.41, 5.74) is 4.99. The molecule has 8 heteroatoms. The fourth-order valence-corrected chi connectivity index (χ4v) is 5.25. The molecular weight excluding hydrogens is 450 g/mol. The van der Waals surface area contributed by atoms with Gasteiger partial charge in [-0.1, -0.05) is 6.07 Å². The zero-order chi connectivity index (χ0) is 24.1. The van der Waals surface area contributed by atoms with Crippen molar-refractivity contribution >= 4 is 23.1 Å². The van der Waals surface area contributed by atoms with Crippen molar-refractivity contribution in [2.24, 2.45) is 0 Å². The molecular formula is C26H29N3O4S. The van der Waals surface area contributed by atoms with Crippen LogP contribution in [0.1, 0.15) is 64.3 Å². The van der Waals surface area contributed by atoms with Crippen LogP contribution in [0, 0.1) is 6.92 Å². The molecule has 0 radical (unpaired) electrons. The van der Waals surface area contributed by atoms with Crippen molar-refractivity contribution < 1.29 is 19.4 Å². The number of thiazole rings is 1. The lowest BCUT2D eigenvalue weighted by Crippen LogP contribution is -2.17. The van der Waals surface area contributed by atoms with Gasteiger partial charge < -0.3 is 15.2 Å². The van der Waals surface area contributed by atoms with E-state index in [1.54, 1.807) is 13.1 Å². The lowest BCUT2D eigenvalue weighted by Gasteiger charge is -2.11. The first-order valence-electron chi connectivity index (χ1n) is 11.5. The second kappa shape index (κ2) is 10.9. The molecule has 178 valence electrons. The van der Waals surface area contributed by atoms with Crippen molar-refractivity contribution in [2.75, 3.05) is 13.2 Å². The number of nitrogens with one attached hydrogen (secondary N) is 1. The number of ether oxygens (including phenoxy) is 1. The number of carboxylic acids is 1. The molecule has 0 bridgehead atoms. The van der Waals surface area contributed by atoms with Gasteiger partial charge in [-0.3, -0.25) is 14.6 Å². The molecule has 4 rings (SSSR count). The van der Waals surface area contributed by atoms with Crippen LogP contribution in [-0.2, 0) is 17.8 Å². The number of ketones is 1. The predicted molar refractivity (Wildman–Crippen MR) is 132 cm³/mol. The Kier molecular flexibility index (Phi) is 7.70. The Labute approximate surface area is 203 Å². The second-order valence-electron chi connectivity index (χ2n) is 8.60. The number of hydrogen-bond acceptors (Lipinski definition) is 7. The van der Waals surface area contributed by atoms with Crippen LogP contribution < -0.4 is 10.1 Å². The maximum absolute atomic E-state index is 11.6. The minimum Gasteiger partial charge on any atom is -0.494 e. The van der Waals surface area contributed by atoms with Crippen LogP contribution in [0.25, 0.3) is 10.6 Å². The van der Waals surface area contributed by atoms with Crippen LogP contribution in [0.3, 0.4) is 0 Å². The Bertz CT molecular complexity index is 1170. The first-order valence-corrected chi connectivity index (χ1v) is 12.3. The largest absolute Gasteiger partial charge is 0.494 e. The van der Waals surface area contributed by atoms with Crippen LogP contribution in [0.4, 0.5) is 0 Å². The molecule has 1 aliphatic rings. The zero-order valence-electron chi connectivity index (χ0n) is 19.5. The topological polar surface area (TPSA) is 101 Å². The fraction of sp³-hybridized carbons (Fsp3) is 0.385. The molecule has 0 fully saturated rings. The maximum Gasteiger partial charge on any atom is 0.303 e. The van der Waals surface area contributed by atoms with Gasteiger partial charge in [0.25, 0.3) is 0 Å². The third kappa shape index (κ3) is 5.87. The number of aromatic nitrogens is 2. The minimum atomic E-state index is -0.741. The first kappa shape index (κ1) is 24.0. The van der Waals surface area contributed by atoms with E-state index in [1.807, 2.05) is 31.2 Å². The van der Waals surface area contributed by atoms with E-state index in [1.165, 1.54) is 16.9 Å². The van der Waals surface area contributed by atoms with Crippen molar-refractivity contribution in [2.45, 2.75) is 52.0 Å². The third-order valence-electron chi connectivity index (χ3n) is 6.00. The van der Waals surface area contributed by atoms with E-state index in [2.05, 4.69) is 21.4 Å². The van der Waals surface area contributed by atoms with E-state index in [9.17, 15) is 9.59 Å². The Morgan fingerprint density at radius 2 is 2.12 bits per heavy atom. The normalized spacial score (nSPS) is 14.7. The summed E-state index contributed by atoms with van der Waals surface area (Å²) in [6.45, 7) is 5.50. The monoisotopic (exact) mass is 479 g/mol. The van der Waals surface area contributed by atoms with Gasteiger partial charge in [0.15, 0.2) is 5.78 Å². The molecule has 1 aromatic carbocycles. The average molecular weight is 480 g/mol. The van der Waals surface area contributed by atoms with Gasteiger partial charge >= 0.3 is 5.97 Å². The molecule has 0 saturated heterocycles. The second-order valence-corrected chi connectivity index (χ2v) is 9.60. The SMILES string of the molecule is CC(=O)c1sc(-c2ccc(CNCCCOc3ccc4c(c3)CC[C@H]4CC(=O)O)nc2)nc1C. The number of rotatable bonds is 11. The molecule has 2 aromatic heterocycles. The summed E-state index contributed by atoms with van der Waals surface area (Å²) in [7, 11) is 0. The highest BCUT2D eigenvalue weighted by atomic mass is 32.1. The van der Waals surface area contributed by atoms with Crippen LogP contribution >= 0.6 is 11.3 Å². The Hall–Kier alpha value is -3.10. The number of hydrogen-bond donors (Lipinski definition) is 2. The zero-order valence-corrected chi connectivity index (χ0v) is 20.3. The van der Waals surface area contributed by atoms with Gasteiger partial charge in [-0.25, -0.2) is 4.98 Å². The van der Waals surface area contributed by atoms with Gasteiger partial charge in [0.05, 0.1) is 29.3 Å². The number of carbonyl (C=O) groups is 2. The van der Waals surface area contributed by atoms with Crippen LogP contribution in [-0.4, -0.2) is 40.0 Å².